The molecule has 1 rings (SSSR count). The van der Waals surface area contributed by atoms with Crippen LogP contribution in [0.4, 0.5) is 0 Å². The zero-order chi connectivity index (χ0) is 15.0. The van der Waals surface area contributed by atoms with Crippen molar-refractivity contribution in [2.75, 3.05) is 0 Å². The lowest BCUT2D eigenvalue weighted by Crippen LogP contribution is -2.60. The SMILES string of the molecule is CC(=O)[C@H]1O[C@@H](OC(=O)C(C)(C)C)[C@H](O)[C@@H](O)[C@@H]1O. The second-order valence-corrected chi connectivity index (χ2v) is 5.66. The van der Waals surface area contributed by atoms with Gasteiger partial charge < -0.3 is 24.8 Å². The van der Waals surface area contributed by atoms with Gasteiger partial charge in [-0.2, -0.15) is 0 Å². The molecule has 0 aromatic rings. The number of aliphatic hydroxyl groups is 3. The smallest absolute Gasteiger partial charge is 0.313 e. The van der Waals surface area contributed by atoms with Crippen LogP contribution in [0.5, 0.6) is 0 Å². The summed E-state index contributed by atoms with van der Waals surface area (Å²) in [6, 6.07) is 0. The van der Waals surface area contributed by atoms with Crippen molar-refractivity contribution in [1.82, 2.24) is 0 Å². The lowest BCUT2D eigenvalue weighted by molar-refractivity contribution is -0.284. The molecule has 5 atom stereocenters. The molecule has 1 aliphatic heterocycles. The van der Waals surface area contributed by atoms with Gasteiger partial charge in [0, 0.05) is 0 Å². The van der Waals surface area contributed by atoms with Crippen LogP contribution in [0.3, 0.4) is 0 Å². The average molecular weight is 276 g/mol. The maximum Gasteiger partial charge on any atom is 0.313 e. The summed E-state index contributed by atoms with van der Waals surface area (Å²) in [6.45, 7) is 6.00. The number of Topliss-reactive ketones (excluding diaryl/α,β-unsaturated/α-hetero) is 1. The van der Waals surface area contributed by atoms with Crippen LogP contribution < -0.4 is 0 Å². The van der Waals surface area contributed by atoms with Crippen molar-refractivity contribution in [3.05, 3.63) is 0 Å². The van der Waals surface area contributed by atoms with E-state index in [9.17, 15) is 24.9 Å². The number of ether oxygens (including phenoxy) is 2. The molecule has 0 amide bonds. The van der Waals surface area contributed by atoms with E-state index >= 15 is 0 Å². The van der Waals surface area contributed by atoms with Gasteiger partial charge in [0.15, 0.2) is 5.78 Å². The van der Waals surface area contributed by atoms with Crippen molar-refractivity contribution in [2.24, 2.45) is 5.41 Å². The molecule has 3 N–H and O–H groups in total. The monoisotopic (exact) mass is 276 g/mol. The van der Waals surface area contributed by atoms with E-state index in [0.29, 0.717) is 0 Å². The van der Waals surface area contributed by atoms with E-state index in [0.717, 1.165) is 0 Å². The standard InChI is InChI=1S/C12H20O7/c1-5(13)9-7(15)6(14)8(16)10(18-9)19-11(17)12(2,3)4/h6-10,14-16H,1-4H3/t6-,7-,8+,9+,10-/m0/s1. The Kier molecular flexibility index (Phi) is 4.67. The lowest BCUT2D eigenvalue weighted by Gasteiger charge is -2.39. The number of carbonyl (C=O) groups excluding carboxylic acids is 2. The highest BCUT2D eigenvalue weighted by molar-refractivity contribution is 5.81. The summed E-state index contributed by atoms with van der Waals surface area (Å²) in [6.07, 6.45) is -7.62. The molecule has 0 unspecified atom stereocenters. The predicted molar refractivity (Wildman–Crippen MR) is 62.9 cm³/mol. The van der Waals surface area contributed by atoms with E-state index in [-0.39, 0.29) is 0 Å². The van der Waals surface area contributed by atoms with Gasteiger partial charge in [0.25, 0.3) is 0 Å². The number of ketones is 1. The Morgan fingerprint density at radius 2 is 1.58 bits per heavy atom. The van der Waals surface area contributed by atoms with Crippen LogP contribution in [0.1, 0.15) is 27.7 Å². The Balaban J connectivity index is 2.83. The molecule has 0 bridgehead atoms. The van der Waals surface area contributed by atoms with E-state index in [4.69, 9.17) is 9.47 Å². The second-order valence-electron chi connectivity index (χ2n) is 5.66. The molecule has 19 heavy (non-hydrogen) atoms. The molecule has 0 aromatic heterocycles. The van der Waals surface area contributed by atoms with Crippen LogP contribution in [0.2, 0.25) is 0 Å². The second kappa shape index (κ2) is 5.54. The molecular weight excluding hydrogens is 256 g/mol. The zero-order valence-corrected chi connectivity index (χ0v) is 11.4. The van der Waals surface area contributed by atoms with Gasteiger partial charge in [-0.3, -0.25) is 9.59 Å². The van der Waals surface area contributed by atoms with Gasteiger partial charge in [-0.1, -0.05) is 0 Å². The fourth-order valence-electron chi connectivity index (χ4n) is 1.56. The van der Waals surface area contributed by atoms with Crippen molar-refractivity contribution in [2.45, 2.75) is 58.4 Å². The number of esters is 1. The molecule has 0 aliphatic carbocycles. The molecule has 0 radical (unpaired) electrons. The van der Waals surface area contributed by atoms with E-state index in [1.165, 1.54) is 6.92 Å². The van der Waals surface area contributed by atoms with Crippen LogP contribution in [-0.4, -0.2) is 57.8 Å². The van der Waals surface area contributed by atoms with Gasteiger partial charge in [0.05, 0.1) is 5.41 Å². The van der Waals surface area contributed by atoms with Crippen molar-refractivity contribution in [3.8, 4) is 0 Å². The van der Waals surface area contributed by atoms with E-state index in [1.54, 1.807) is 20.8 Å². The highest BCUT2D eigenvalue weighted by Gasteiger charge is 2.47. The largest absolute Gasteiger partial charge is 0.432 e. The first-order chi connectivity index (χ1) is 8.55. The molecule has 1 heterocycles. The van der Waals surface area contributed by atoms with Gasteiger partial charge in [-0.25, -0.2) is 0 Å². The Morgan fingerprint density at radius 1 is 1.05 bits per heavy atom. The summed E-state index contributed by atoms with van der Waals surface area (Å²) in [5.74, 6) is -1.18. The first-order valence-corrected chi connectivity index (χ1v) is 5.97. The number of hydrogen-bond acceptors (Lipinski definition) is 7. The van der Waals surface area contributed by atoms with Crippen molar-refractivity contribution in [1.29, 1.82) is 0 Å². The number of hydrogen-bond donors (Lipinski definition) is 3. The molecule has 7 nitrogen and oxygen atoms in total. The van der Waals surface area contributed by atoms with Crippen LogP contribution in [0.15, 0.2) is 0 Å². The summed E-state index contributed by atoms with van der Waals surface area (Å²) < 4.78 is 9.99. The topological polar surface area (TPSA) is 113 Å². The summed E-state index contributed by atoms with van der Waals surface area (Å²) in [7, 11) is 0. The fourth-order valence-corrected chi connectivity index (χ4v) is 1.56. The summed E-state index contributed by atoms with van der Waals surface area (Å²) >= 11 is 0. The third-order valence-electron chi connectivity index (χ3n) is 2.81. The number of aliphatic hydroxyl groups excluding tert-OH is 3. The summed E-state index contributed by atoms with van der Waals surface area (Å²) in [4.78, 5) is 23.0. The van der Waals surface area contributed by atoms with E-state index < -0.39 is 47.9 Å². The minimum absolute atomic E-state index is 0.532. The molecule has 110 valence electrons. The third kappa shape index (κ3) is 3.50. The average Bonchev–Trinajstić information content (AvgIpc) is 2.28. The zero-order valence-electron chi connectivity index (χ0n) is 11.4. The molecular formula is C12H20O7. The van der Waals surface area contributed by atoms with Crippen LogP contribution >= 0.6 is 0 Å². The molecule has 0 saturated carbocycles. The first-order valence-electron chi connectivity index (χ1n) is 5.97. The Hall–Kier alpha value is -1.02. The van der Waals surface area contributed by atoms with Crippen LogP contribution in [0, 0.1) is 5.41 Å². The normalized spacial score (nSPS) is 35.8. The van der Waals surface area contributed by atoms with E-state index in [1.807, 2.05) is 0 Å². The van der Waals surface area contributed by atoms with E-state index in [2.05, 4.69) is 0 Å². The molecule has 7 heteroatoms. The highest BCUT2D eigenvalue weighted by atomic mass is 16.7. The minimum atomic E-state index is -1.62. The Labute approximate surface area is 111 Å². The lowest BCUT2D eigenvalue weighted by atomic mass is 9.95. The molecule has 0 spiro atoms. The fraction of sp³-hybridized carbons (Fsp3) is 0.833. The van der Waals surface area contributed by atoms with Crippen LogP contribution in [0.25, 0.3) is 0 Å². The minimum Gasteiger partial charge on any atom is -0.432 e. The molecule has 0 aromatic carbocycles. The maximum absolute atomic E-state index is 11.7. The summed E-state index contributed by atoms with van der Waals surface area (Å²) in [5.41, 5.74) is -0.824. The number of carbonyl (C=O) groups is 2. The Morgan fingerprint density at radius 3 is 2.00 bits per heavy atom. The quantitative estimate of drug-likeness (QED) is 0.553. The highest BCUT2D eigenvalue weighted by Crippen LogP contribution is 2.25. The molecule has 1 fully saturated rings. The summed E-state index contributed by atoms with van der Waals surface area (Å²) in [5, 5.41) is 28.9. The van der Waals surface area contributed by atoms with Gasteiger partial charge in [-0.05, 0) is 27.7 Å². The maximum atomic E-state index is 11.7. The van der Waals surface area contributed by atoms with Gasteiger partial charge in [-0.15, -0.1) is 0 Å². The van der Waals surface area contributed by atoms with Gasteiger partial charge in [0.2, 0.25) is 6.29 Å². The predicted octanol–water partition coefficient (Wildman–Crippen LogP) is -1.03. The third-order valence-corrected chi connectivity index (χ3v) is 2.81. The van der Waals surface area contributed by atoms with Gasteiger partial charge >= 0.3 is 5.97 Å². The molecule has 1 saturated heterocycles. The van der Waals surface area contributed by atoms with Crippen LogP contribution in [-0.2, 0) is 19.1 Å². The first kappa shape index (κ1) is 16.0. The van der Waals surface area contributed by atoms with Gasteiger partial charge in [0.1, 0.15) is 24.4 Å². The molecule has 1 aliphatic rings. The Bertz CT molecular complexity index is 360. The number of rotatable bonds is 2. The van der Waals surface area contributed by atoms with Crippen molar-refractivity contribution >= 4 is 11.8 Å². The van der Waals surface area contributed by atoms with Crippen molar-refractivity contribution < 1.29 is 34.4 Å². The van der Waals surface area contributed by atoms with Crippen molar-refractivity contribution in [3.63, 3.8) is 0 Å².